The molecule has 3 N–H and O–H groups in total. The fraction of sp³-hybridized carbons (Fsp3) is 0.944. The molecular formula is C18H30N2O. The van der Waals surface area contributed by atoms with Gasteiger partial charge < -0.3 is 11.1 Å². The lowest BCUT2D eigenvalue weighted by Crippen LogP contribution is -2.63. The number of nitrogens with two attached hydrogens (primary N) is 1. The quantitative estimate of drug-likeness (QED) is 0.839. The summed E-state index contributed by atoms with van der Waals surface area (Å²) in [6.45, 7) is 0.533. The van der Waals surface area contributed by atoms with Gasteiger partial charge in [0.1, 0.15) is 0 Å². The molecule has 0 atom stereocenters. The summed E-state index contributed by atoms with van der Waals surface area (Å²) in [5, 5.41) is 3.57. The van der Waals surface area contributed by atoms with E-state index in [4.69, 9.17) is 5.73 Å². The smallest absolute Gasteiger partial charge is 0.227 e. The van der Waals surface area contributed by atoms with Crippen LogP contribution in [-0.2, 0) is 4.79 Å². The lowest BCUT2D eigenvalue weighted by molar-refractivity contribution is -0.138. The molecule has 5 fully saturated rings. The predicted octanol–water partition coefficient (Wildman–Crippen LogP) is 2.98. The first-order chi connectivity index (χ1) is 10.1. The Balaban J connectivity index is 1.51. The van der Waals surface area contributed by atoms with Crippen molar-refractivity contribution < 1.29 is 4.79 Å². The van der Waals surface area contributed by atoms with Gasteiger partial charge in [0.25, 0.3) is 0 Å². The monoisotopic (exact) mass is 290 g/mol. The van der Waals surface area contributed by atoms with Crippen LogP contribution in [0.2, 0.25) is 0 Å². The molecule has 21 heavy (non-hydrogen) atoms. The number of carbonyl (C=O) groups excluding carboxylic acids is 1. The van der Waals surface area contributed by atoms with Gasteiger partial charge in [-0.3, -0.25) is 4.79 Å². The van der Waals surface area contributed by atoms with Crippen molar-refractivity contribution in [1.82, 2.24) is 5.32 Å². The van der Waals surface area contributed by atoms with E-state index in [9.17, 15) is 4.79 Å². The first-order valence-electron chi connectivity index (χ1n) is 9.16. The second-order valence-corrected chi connectivity index (χ2v) is 8.70. The molecule has 0 spiro atoms. The summed E-state index contributed by atoms with van der Waals surface area (Å²) in [5.41, 5.74) is 5.94. The zero-order valence-electron chi connectivity index (χ0n) is 13.2. The maximum Gasteiger partial charge on any atom is 0.227 e. The van der Waals surface area contributed by atoms with Gasteiger partial charge in [-0.2, -0.15) is 0 Å². The summed E-state index contributed by atoms with van der Waals surface area (Å²) in [6, 6.07) is 0. The zero-order valence-corrected chi connectivity index (χ0v) is 13.2. The first kappa shape index (κ1) is 14.0. The summed E-state index contributed by atoms with van der Waals surface area (Å²) in [5.74, 6) is 2.96. The van der Waals surface area contributed by atoms with Gasteiger partial charge in [0.15, 0.2) is 0 Å². The van der Waals surface area contributed by atoms with Crippen molar-refractivity contribution in [2.45, 2.75) is 76.2 Å². The molecule has 0 unspecified atom stereocenters. The van der Waals surface area contributed by atoms with Crippen LogP contribution in [0.1, 0.15) is 70.6 Å². The van der Waals surface area contributed by atoms with Crippen molar-refractivity contribution in [3.63, 3.8) is 0 Å². The van der Waals surface area contributed by atoms with Gasteiger partial charge in [-0.15, -0.1) is 0 Å². The van der Waals surface area contributed by atoms with Gasteiger partial charge in [0, 0.05) is 12.1 Å². The molecule has 5 aliphatic carbocycles. The van der Waals surface area contributed by atoms with Gasteiger partial charge in [-0.05, 0) is 69.1 Å². The van der Waals surface area contributed by atoms with Crippen LogP contribution in [0, 0.1) is 23.2 Å². The molecule has 0 radical (unpaired) electrons. The van der Waals surface area contributed by atoms with E-state index < -0.39 is 0 Å². The average Bonchev–Trinajstić information content (AvgIpc) is 2.46. The maximum absolute atomic E-state index is 13.0. The molecule has 0 aromatic rings. The van der Waals surface area contributed by atoms with Crippen molar-refractivity contribution >= 4 is 5.91 Å². The Labute approximate surface area is 128 Å². The molecule has 4 bridgehead atoms. The highest BCUT2D eigenvalue weighted by Crippen LogP contribution is 2.56. The van der Waals surface area contributed by atoms with E-state index >= 15 is 0 Å². The minimum absolute atomic E-state index is 0.144. The van der Waals surface area contributed by atoms with Gasteiger partial charge in [0.05, 0.1) is 5.41 Å². The highest BCUT2D eigenvalue weighted by atomic mass is 16.2. The highest BCUT2D eigenvalue weighted by molar-refractivity contribution is 5.83. The Morgan fingerprint density at radius 3 is 1.95 bits per heavy atom. The molecule has 0 aromatic carbocycles. The highest BCUT2D eigenvalue weighted by Gasteiger charge is 2.53. The predicted molar refractivity (Wildman–Crippen MR) is 83.6 cm³/mol. The summed E-state index contributed by atoms with van der Waals surface area (Å²) in [6.07, 6.45) is 13.6. The number of carbonyl (C=O) groups is 1. The Bertz CT molecular complexity index is 390. The van der Waals surface area contributed by atoms with Crippen molar-refractivity contribution in [3.8, 4) is 0 Å². The van der Waals surface area contributed by atoms with Crippen LogP contribution in [0.4, 0.5) is 0 Å². The third-order valence-electron chi connectivity index (χ3n) is 7.10. The van der Waals surface area contributed by atoms with E-state index in [1.807, 2.05) is 0 Å². The number of nitrogens with one attached hydrogen (secondary N) is 1. The topological polar surface area (TPSA) is 55.1 Å². The molecule has 118 valence electrons. The van der Waals surface area contributed by atoms with Crippen LogP contribution in [0.15, 0.2) is 0 Å². The number of hydrogen-bond acceptors (Lipinski definition) is 2. The number of hydrogen-bond donors (Lipinski definition) is 2. The Kier molecular flexibility index (Phi) is 3.33. The number of amides is 1. The van der Waals surface area contributed by atoms with Crippen LogP contribution in [0.25, 0.3) is 0 Å². The summed E-state index contributed by atoms with van der Waals surface area (Å²) >= 11 is 0. The van der Waals surface area contributed by atoms with Crippen LogP contribution in [0.5, 0.6) is 0 Å². The average molecular weight is 290 g/mol. The lowest BCUT2D eigenvalue weighted by atomic mass is 9.53. The number of rotatable bonds is 3. The Morgan fingerprint density at radius 1 is 0.952 bits per heavy atom. The third-order valence-corrected chi connectivity index (χ3v) is 7.10. The van der Waals surface area contributed by atoms with Gasteiger partial charge >= 0.3 is 0 Å². The van der Waals surface area contributed by atoms with Crippen molar-refractivity contribution in [2.24, 2.45) is 28.9 Å². The van der Waals surface area contributed by atoms with E-state index in [1.165, 1.54) is 57.8 Å². The molecule has 5 saturated carbocycles. The normalized spacial score (nSPS) is 43.8. The second kappa shape index (κ2) is 4.97. The fourth-order valence-electron chi connectivity index (χ4n) is 6.39. The molecule has 5 aliphatic rings. The summed E-state index contributed by atoms with van der Waals surface area (Å²) < 4.78 is 0. The van der Waals surface area contributed by atoms with Crippen molar-refractivity contribution in [3.05, 3.63) is 0 Å². The second-order valence-electron chi connectivity index (χ2n) is 8.70. The van der Waals surface area contributed by atoms with E-state index in [0.29, 0.717) is 12.5 Å². The Morgan fingerprint density at radius 2 is 1.48 bits per heavy atom. The van der Waals surface area contributed by atoms with Gasteiger partial charge in [-0.25, -0.2) is 0 Å². The van der Waals surface area contributed by atoms with Crippen LogP contribution >= 0.6 is 0 Å². The molecule has 3 nitrogen and oxygen atoms in total. The summed E-state index contributed by atoms with van der Waals surface area (Å²) in [7, 11) is 0. The molecule has 0 aliphatic heterocycles. The molecule has 5 rings (SSSR count). The first-order valence-corrected chi connectivity index (χ1v) is 9.16. The van der Waals surface area contributed by atoms with Crippen molar-refractivity contribution in [1.29, 1.82) is 0 Å². The maximum atomic E-state index is 13.0. The largest absolute Gasteiger partial charge is 0.350 e. The zero-order chi connectivity index (χ0) is 14.5. The SMILES string of the molecule is NCC1(C(=O)NC23CC4CC(CC(C4)C2)C3)CCCCC1. The fourth-order valence-corrected chi connectivity index (χ4v) is 6.39. The third kappa shape index (κ3) is 2.32. The van der Waals surface area contributed by atoms with E-state index in [1.54, 1.807) is 0 Å². The van der Waals surface area contributed by atoms with Gasteiger partial charge in [-0.1, -0.05) is 19.3 Å². The molecule has 1 amide bonds. The molecule has 3 heteroatoms. The Hall–Kier alpha value is -0.570. The van der Waals surface area contributed by atoms with Crippen LogP contribution in [-0.4, -0.2) is 18.0 Å². The minimum Gasteiger partial charge on any atom is -0.350 e. The molecule has 0 saturated heterocycles. The molecular weight excluding hydrogens is 260 g/mol. The standard InChI is InChI=1S/C18H30N2O/c19-12-17(4-2-1-3-5-17)16(21)20-18-9-13-6-14(10-18)8-15(7-13)11-18/h13-15H,1-12,19H2,(H,20,21). The lowest BCUT2D eigenvalue weighted by Gasteiger charge is -2.57. The molecule has 0 heterocycles. The van der Waals surface area contributed by atoms with E-state index in [0.717, 1.165) is 30.6 Å². The van der Waals surface area contributed by atoms with E-state index in [2.05, 4.69) is 5.32 Å². The van der Waals surface area contributed by atoms with E-state index in [-0.39, 0.29) is 11.0 Å². The minimum atomic E-state index is -0.248. The summed E-state index contributed by atoms with van der Waals surface area (Å²) in [4.78, 5) is 13.0. The van der Waals surface area contributed by atoms with Crippen LogP contribution < -0.4 is 11.1 Å². The molecule has 0 aromatic heterocycles. The van der Waals surface area contributed by atoms with Gasteiger partial charge in [0.2, 0.25) is 5.91 Å². The van der Waals surface area contributed by atoms with Crippen molar-refractivity contribution in [2.75, 3.05) is 6.54 Å². The van der Waals surface area contributed by atoms with Crippen LogP contribution in [0.3, 0.4) is 0 Å².